The van der Waals surface area contributed by atoms with Crippen LogP contribution in [0.4, 0.5) is 11.4 Å². The first kappa shape index (κ1) is 9.83. The first-order valence-electron chi connectivity index (χ1n) is 3.98. The Kier molecular flexibility index (Phi) is 3.54. The summed E-state index contributed by atoms with van der Waals surface area (Å²) in [6, 6.07) is 7.71. The van der Waals surface area contributed by atoms with Crippen molar-refractivity contribution in [1.82, 2.24) is 0 Å². The number of benzene rings is 1. The third-order valence-electron chi connectivity index (χ3n) is 1.70. The molecule has 0 unspecified atom stereocenters. The Morgan fingerprint density at radius 3 is 2.31 bits per heavy atom. The maximum absolute atomic E-state index is 5.00. The molecule has 0 bridgehead atoms. The first-order valence-corrected chi connectivity index (χ1v) is 3.98. The van der Waals surface area contributed by atoms with Crippen LogP contribution >= 0.6 is 0 Å². The largest absolute Gasteiger partial charge is 0.386 e. The van der Waals surface area contributed by atoms with Crippen LogP contribution in [0.2, 0.25) is 0 Å². The van der Waals surface area contributed by atoms with E-state index in [9.17, 15) is 0 Å². The zero-order chi connectivity index (χ0) is 9.68. The van der Waals surface area contributed by atoms with Gasteiger partial charge in [-0.3, -0.25) is 9.68 Å². The van der Waals surface area contributed by atoms with Gasteiger partial charge in [0.05, 0.1) is 19.9 Å². The molecule has 1 N–H and O–H groups in total. The molecular weight excluding hydrogens is 168 g/mol. The summed E-state index contributed by atoms with van der Waals surface area (Å²) in [7, 11) is 4.95. The van der Waals surface area contributed by atoms with Gasteiger partial charge in [0, 0.05) is 7.05 Å². The Labute approximate surface area is 78.0 Å². The van der Waals surface area contributed by atoms with Crippen LogP contribution in [0.25, 0.3) is 0 Å². The fourth-order valence-corrected chi connectivity index (χ4v) is 1.12. The highest BCUT2D eigenvalue weighted by Crippen LogP contribution is 2.24. The summed E-state index contributed by atoms with van der Waals surface area (Å²) in [6.07, 6.45) is 0. The van der Waals surface area contributed by atoms with Crippen LogP contribution in [0, 0.1) is 0 Å². The number of hydrogen-bond acceptors (Lipinski definition) is 4. The van der Waals surface area contributed by atoms with E-state index in [0.29, 0.717) is 0 Å². The van der Waals surface area contributed by atoms with Gasteiger partial charge in [0.2, 0.25) is 0 Å². The highest BCUT2D eigenvalue weighted by Gasteiger charge is 2.07. The molecule has 0 aromatic heterocycles. The zero-order valence-corrected chi connectivity index (χ0v) is 8.07. The van der Waals surface area contributed by atoms with Crippen LogP contribution in [0.3, 0.4) is 0 Å². The van der Waals surface area contributed by atoms with E-state index in [1.165, 1.54) is 5.23 Å². The maximum Gasteiger partial charge on any atom is 0.118 e. The minimum Gasteiger partial charge on any atom is -0.386 e. The molecule has 0 amide bonds. The lowest BCUT2D eigenvalue weighted by atomic mass is 10.3. The Morgan fingerprint density at radius 2 is 1.77 bits per heavy atom. The van der Waals surface area contributed by atoms with E-state index in [-0.39, 0.29) is 0 Å². The second kappa shape index (κ2) is 4.69. The molecule has 13 heavy (non-hydrogen) atoms. The van der Waals surface area contributed by atoms with Gasteiger partial charge in [-0.05, 0) is 12.1 Å². The lowest BCUT2D eigenvalue weighted by Crippen LogP contribution is -2.20. The van der Waals surface area contributed by atoms with Gasteiger partial charge in [-0.2, -0.15) is 0 Å². The average Bonchev–Trinajstić information content (AvgIpc) is 2.20. The third kappa shape index (κ3) is 2.11. The number of hydrogen-bond donors (Lipinski definition) is 1. The minimum absolute atomic E-state index is 0.843. The van der Waals surface area contributed by atoms with E-state index in [1.807, 2.05) is 31.3 Å². The Balaban J connectivity index is 2.96. The second-order valence-electron chi connectivity index (χ2n) is 2.39. The number of rotatable bonds is 4. The van der Waals surface area contributed by atoms with Gasteiger partial charge < -0.3 is 5.32 Å². The van der Waals surface area contributed by atoms with Crippen molar-refractivity contribution in [2.45, 2.75) is 0 Å². The quantitative estimate of drug-likeness (QED) is 0.718. The van der Waals surface area contributed by atoms with Gasteiger partial charge in [-0.1, -0.05) is 12.1 Å². The van der Waals surface area contributed by atoms with Crippen LogP contribution in [-0.4, -0.2) is 21.3 Å². The molecule has 0 fully saturated rings. The molecule has 1 aromatic rings. The summed E-state index contributed by atoms with van der Waals surface area (Å²) >= 11 is 0. The van der Waals surface area contributed by atoms with Crippen molar-refractivity contribution in [2.24, 2.45) is 0 Å². The van der Waals surface area contributed by atoms with E-state index in [1.54, 1.807) is 14.2 Å². The molecule has 0 aliphatic rings. The monoisotopic (exact) mass is 182 g/mol. The van der Waals surface area contributed by atoms with Gasteiger partial charge in [0.25, 0.3) is 0 Å². The Morgan fingerprint density at radius 1 is 1.15 bits per heavy atom. The van der Waals surface area contributed by atoms with Crippen molar-refractivity contribution in [3.8, 4) is 0 Å². The van der Waals surface area contributed by atoms with Crippen LogP contribution in [0.1, 0.15) is 0 Å². The highest BCUT2D eigenvalue weighted by atomic mass is 16.9. The predicted molar refractivity (Wildman–Crippen MR) is 52.5 cm³/mol. The lowest BCUT2D eigenvalue weighted by molar-refractivity contribution is -0.0429. The summed E-state index contributed by atoms with van der Waals surface area (Å²) in [5.74, 6) is 0. The Bertz CT molecular complexity index is 262. The molecule has 0 radical (unpaired) electrons. The first-order chi connectivity index (χ1) is 6.33. The number of para-hydroxylation sites is 2. The molecule has 4 nitrogen and oxygen atoms in total. The van der Waals surface area contributed by atoms with Gasteiger partial charge in [0.15, 0.2) is 0 Å². The summed E-state index contributed by atoms with van der Waals surface area (Å²) < 4.78 is 0. The van der Waals surface area contributed by atoms with E-state index < -0.39 is 0 Å². The molecule has 1 rings (SSSR count). The smallest absolute Gasteiger partial charge is 0.118 e. The van der Waals surface area contributed by atoms with Crippen molar-refractivity contribution in [3.05, 3.63) is 24.3 Å². The highest BCUT2D eigenvalue weighted by molar-refractivity contribution is 5.67. The van der Waals surface area contributed by atoms with Crippen molar-refractivity contribution < 1.29 is 9.68 Å². The molecule has 0 aliphatic heterocycles. The topological polar surface area (TPSA) is 33.7 Å². The van der Waals surface area contributed by atoms with Crippen molar-refractivity contribution in [3.63, 3.8) is 0 Å². The molecule has 1 aromatic carbocycles. The molecule has 4 heteroatoms. The molecule has 0 atom stereocenters. The van der Waals surface area contributed by atoms with Crippen molar-refractivity contribution in [2.75, 3.05) is 31.8 Å². The van der Waals surface area contributed by atoms with Gasteiger partial charge in [0.1, 0.15) is 5.69 Å². The van der Waals surface area contributed by atoms with Gasteiger partial charge in [-0.25, -0.2) is 0 Å². The van der Waals surface area contributed by atoms with Crippen LogP contribution in [-0.2, 0) is 9.68 Å². The van der Waals surface area contributed by atoms with E-state index in [0.717, 1.165) is 11.4 Å². The lowest BCUT2D eigenvalue weighted by Gasteiger charge is -2.20. The number of nitrogens with one attached hydrogen (secondary N) is 1. The zero-order valence-electron chi connectivity index (χ0n) is 8.07. The SMILES string of the molecule is CNc1ccccc1N(OC)OC. The summed E-state index contributed by atoms with van der Waals surface area (Å²) in [6.45, 7) is 0. The maximum atomic E-state index is 5.00. The normalized spacial score (nSPS) is 9.77. The van der Waals surface area contributed by atoms with Crippen molar-refractivity contribution >= 4 is 11.4 Å². The molecular formula is C9H14N2O2. The summed E-state index contributed by atoms with van der Waals surface area (Å²) in [4.78, 5) is 10.00. The molecule has 0 saturated carbocycles. The van der Waals surface area contributed by atoms with Crippen LogP contribution in [0.15, 0.2) is 24.3 Å². The van der Waals surface area contributed by atoms with E-state index in [2.05, 4.69) is 5.32 Å². The Hall–Kier alpha value is -1.26. The number of nitrogens with zero attached hydrogens (tertiary/aromatic N) is 1. The third-order valence-corrected chi connectivity index (χ3v) is 1.70. The van der Waals surface area contributed by atoms with E-state index >= 15 is 0 Å². The van der Waals surface area contributed by atoms with E-state index in [4.69, 9.17) is 9.68 Å². The number of anilines is 2. The molecule has 0 aliphatic carbocycles. The fourth-order valence-electron chi connectivity index (χ4n) is 1.12. The molecule has 0 heterocycles. The molecule has 0 spiro atoms. The summed E-state index contributed by atoms with van der Waals surface area (Å²) in [5, 5.41) is 4.38. The van der Waals surface area contributed by atoms with Crippen LogP contribution in [0.5, 0.6) is 0 Å². The molecule has 0 saturated heterocycles. The van der Waals surface area contributed by atoms with Gasteiger partial charge in [-0.15, -0.1) is 5.23 Å². The fraction of sp³-hybridized carbons (Fsp3) is 0.333. The van der Waals surface area contributed by atoms with Crippen molar-refractivity contribution in [1.29, 1.82) is 0 Å². The van der Waals surface area contributed by atoms with Crippen LogP contribution < -0.4 is 10.5 Å². The minimum atomic E-state index is 0.843. The van der Waals surface area contributed by atoms with Gasteiger partial charge >= 0.3 is 0 Å². The predicted octanol–water partition coefficient (Wildman–Crippen LogP) is 1.66. The molecule has 72 valence electrons. The average molecular weight is 182 g/mol. The second-order valence-corrected chi connectivity index (χ2v) is 2.39. The standard InChI is InChI=1S/C9H14N2O2/c1-10-8-6-4-5-7-9(8)11(12-2)13-3/h4-7,10H,1-3H3. The summed E-state index contributed by atoms with van der Waals surface area (Å²) in [5.41, 5.74) is 1.79.